The second kappa shape index (κ2) is 6.18. The molecule has 1 aliphatic rings. The Bertz CT molecular complexity index is 405. The maximum Gasteiger partial charge on any atom is 0.393 e. The van der Waals surface area contributed by atoms with Crippen LogP contribution in [0.15, 0.2) is 22.8 Å². The fourth-order valence-electron chi connectivity index (χ4n) is 2.87. The Kier molecular flexibility index (Phi) is 4.75. The van der Waals surface area contributed by atoms with Crippen molar-refractivity contribution in [1.29, 1.82) is 0 Å². The van der Waals surface area contributed by atoms with Crippen molar-refractivity contribution in [3.63, 3.8) is 0 Å². The van der Waals surface area contributed by atoms with Gasteiger partial charge in [0.1, 0.15) is 5.76 Å². The molecule has 3 unspecified atom stereocenters. The van der Waals surface area contributed by atoms with Crippen LogP contribution in [0.25, 0.3) is 0 Å². The predicted octanol–water partition coefficient (Wildman–Crippen LogP) is 3.33. The summed E-state index contributed by atoms with van der Waals surface area (Å²) in [5.41, 5.74) is 6.11. The summed E-state index contributed by atoms with van der Waals surface area (Å²) in [7, 11) is 0. The van der Waals surface area contributed by atoms with E-state index in [2.05, 4.69) is 0 Å². The van der Waals surface area contributed by atoms with Gasteiger partial charge in [-0.25, -0.2) is 0 Å². The number of halogens is 3. The summed E-state index contributed by atoms with van der Waals surface area (Å²) in [5, 5.41) is 0. The van der Waals surface area contributed by atoms with Crippen LogP contribution in [-0.2, 0) is 0 Å². The van der Waals surface area contributed by atoms with Crippen molar-refractivity contribution in [3.05, 3.63) is 24.2 Å². The average Bonchev–Trinajstić information content (AvgIpc) is 2.92. The number of likely N-dealkylation sites (tertiary alicyclic amines) is 1. The predicted molar refractivity (Wildman–Crippen MR) is 70.1 cm³/mol. The second-order valence-corrected chi connectivity index (χ2v) is 5.41. The summed E-state index contributed by atoms with van der Waals surface area (Å²) in [6, 6.07) is 3.03. The Morgan fingerprint density at radius 2 is 2.25 bits per heavy atom. The van der Waals surface area contributed by atoms with Crippen LogP contribution in [0.2, 0.25) is 0 Å². The molecule has 1 aromatic heterocycles. The van der Waals surface area contributed by atoms with E-state index in [1.165, 1.54) is 6.26 Å². The van der Waals surface area contributed by atoms with Gasteiger partial charge in [-0.1, -0.05) is 6.92 Å². The average molecular weight is 290 g/mol. The lowest BCUT2D eigenvalue weighted by Crippen LogP contribution is -2.48. The normalized spacial score (nSPS) is 24.6. The number of furan rings is 1. The van der Waals surface area contributed by atoms with Crippen molar-refractivity contribution in [3.8, 4) is 0 Å². The van der Waals surface area contributed by atoms with E-state index in [1.54, 1.807) is 12.1 Å². The highest BCUT2D eigenvalue weighted by Crippen LogP contribution is 2.37. The highest BCUT2D eigenvalue weighted by Gasteiger charge is 2.44. The number of nitrogens with two attached hydrogens (primary N) is 1. The smallest absolute Gasteiger partial charge is 0.393 e. The van der Waals surface area contributed by atoms with Gasteiger partial charge in [-0.05, 0) is 37.9 Å². The fourth-order valence-corrected chi connectivity index (χ4v) is 2.87. The zero-order valence-electron chi connectivity index (χ0n) is 11.6. The second-order valence-electron chi connectivity index (χ2n) is 5.41. The van der Waals surface area contributed by atoms with Gasteiger partial charge in [0.2, 0.25) is 0 Å². The minimum Gasteiger partial charge on any atom is -0.468 e. The standard InChI is InChI=1S/C14H21F3N2O/c1-2-11(18)13(12-6-4-8-20-12)19-7-3-5-10(9-19)14(15,16)17/h4,6,8,10-11,13H,2-3,5,7,9,18H2,1H3. The molecule has 0 radical (unpaired) electrons. The molecule has 20 heavy (non-hydrogen) atoms. The molecular formula is C14H21F3N2O. The number of nitrogens with zero attached hydrogens (tertiary/aromatic N) is 1. The van der Waals surface area contributed by atoms with Gasteiger partial charge in [0.05, 0.1) is 18.2 Å². The molecule has 1 aliphatic heterocycles. The Balaban J connectivity index is 2.17. The van der Waals surface area contributed by atoms with Gasteiger partial charge in [-0.3, -0.25) is 4.90 Å². The van der Waals surface area contributed by atoms with Crippen molar-refractivity contribution < 1.29 is 17.6 Å². The molecule has 6 heteroatoms. The molecule has 0 aliphatic carbocycles. The van der Waals surface area contributed by atoms with Crippen molar-refractivity contribution >= 4 is 0 Å². The molecule has 2 rings (SSSR count). The third-order valence-electron chi connectivity index (χ3n) is 4.02. The first-order valence-corrected chi connectivity index (χ1v) is 7.03. The van der Waals surface area contributed by atoms with Gasteiger partial charge < -0.3 is 10.2 Å². The van der Waals surface area contributed by atoms with Crippen LogP contribution in [0.3, 0.4) is 0 Å². The molecule has 2 N–H and O–H groups in total. The number of alkyl halides is 3. The third-order valence-corrected chi connectivity index (χ3v) is 4.02. The molecule has 0 saturated carbocycles. The van der Waals surface area contributed by atoms with E-state index in [0.29, 0.717) is 25.1 Å². The summed E-state index contributed by atoms with van der Waals surface area (Å²) < 4.78 is 44.2. The molecule has 3 atom stereocenters. The number of piperidine rings is 1. The van der Waals surface area contributed by atoms with E-state index >= 15 is 0 Å². The molecule has 0 spiro atoms. The van der Waals surface area contributed by atoms with Gasteiger partial charge in [0.25, 0.3) is 0 Å². The van der Waals surface area contributed by atoms with Gasteiger partial charge in [0, 0.05) is 12.6 Å². The molecule has 1 saturated heterocycles. The van der Waals surface area contributed by atoms with E-state index in [4.69, 9.17) is 10.2 Å². The molecule has 0 bridgehead atoms. The first kappa shape index (κ1) is 15.4. The largest absolute Gasteiger partial charge is 0.468 e. The van der Waals surface area contributed by atoms with E-state index in [0.717, 1.165) is 0 Å². The first-order valence-electron chi connectivity index (χ1n) is 7.03. The molecule has 0 aromatic carbocycles. The minimum atomic E-state index is -4.14. The Morgan fingerprint density at radius 3 is 2.80 bits per heavy atom. The van der Waals surface area contributed by atoms with Crippen LogP contribution in [0.5, 0.6) is 0 Å². The van der Waals surface area contributed by atoms with Crippen molar-refractivity contribution in [2.75, 3.05) is 13.1 Å². The summed E-state index contributed by atoms with van der Waals surface area (Å²) in [6.45, 7) is 2.57. The topological polar surface area (TPSA) is 42.4 Å². The highest BCUT2D eigenvalue weighted by atomic mass is 19.4. The van der Waals surface area contributed by atoms with Crippen molar-refractivity contribution in [2.24, 2.45) is 11.7 Å². The van der Waals surface area contributed by atoms with Crippen molar-refractivity contribution in [1.82, 2.24) is 4.90 Å². The van der Waals surface area contributed by atoms with Crippen LogP contribution in [0.4, 0.5) is 13.2 Å². The summed E-state index contributed by atoms with van der Waals surface area (Å²) in [6.07, 6.45) is -1.17. The van der Waals surface area contributed by atoms with Crippen LogP contribution in [-0.4, -0.2) is 30.2 Å². The lowest BCUT2D eigenvalue weighted by atomic mass is 9.93. The zero-order chi connectivity index (χ0) is 14.8. The quantitative estimate of drug-likeness (QED) is 0.925. The summed E-state index contributed by atoms with van der Waals surface area (Å²) in [5.74, 6) is -0.611. The molecule has 0 amide bonds. The SMILES string of the molecule is CCC(N)C(c1ccco1)N1CCCC(C(F)(F)F)C1. The number of hydrogen-bond acceptors (Lipinski definition) is 3. The minimum absolute atomic E-state index is 0.00255. The van der Waals surface area contributed by atoms with Crippen LogP contribution in [0, 0.1) is 5.92 Å². The summed E-state index contributed by atoms with van der Waals surface area (Å²) in [4.78, 5) is 1.83. The van der Waals surface area contributed by atoms with Crippen molar-refractivity contribution in [2.45, 2.75) is 44.4 Å². The summed E-state index contributed by atoms with van der Waals surface area (Å²) >= 11 is 0. The lowest BCUT2D eigenvalue weighted by Gasteiger charge is -2.40. The Morgan fingerprint density at radius 1 is 1.50 bits per heavy atom. The zero-order valence-corrected chi connectivity index (χ0v) is 11.6. The van der Waals surface area contributed by atoms with E-state index in [9.17, 15) is 13.2 Å². The third kappa shape index (κ3) is 3.35. The molecule has 2 heterocycles. The van der Waals surface area contributed by atoms with Gasteiger partial charge in [-0.2, -0.15) is 13.2 Å². The lowest BCUT2D eigenvalue weighted by molar-refractivity contribution is -0.189. The van der Waals surface area contributed by atoms with Crippen LogP contribution in [0.1, 0.15) is 38.0 Å². The number of rotatable bonds is 4. The Hall–Kier alpha value is -1.01. The molecule has 1 aromatic rings. The maximum atomic E-state index is 12.9. The molecule has 114 valence electrons. The van der Waals surface area contributed by atoms with E-state index in [-0.39, 0.29) is 25.0 Å². The van der Waals surface area contributed by atoms with Gasteiger partial charge in [-0.15, -0.1) is 0 Å². The monoisotopic (exact) mass is 290 g/mol. The van der Waals surface area contributed by atoms with E-state index in [1.807, 2.05) is 11.8 Å². The fraction of sp³-hybridized carbons (Fsp3) is 0.714. The van der Waals surface area contributed by atoms with Crippen LogP contribution >= 0.6 is 0 Å². The molecular weight excluding hydrogens is 269 g/mol. The van der Waals surface area contributed by atoms with E-state index < -0.39 is 12.1 Å². The van der Waals surface area contributed by atoms with Gasteiger partial charge >= 0.3 is 6.18 Å². The Labute approximate surface area is 116 Å². The first-order chi connectivity index (χ1) is 9.43. The van der Waals surface area contributed by atoms with Crippen LogP contribution < -0.4 is 5.73 Å². The maximum absolute atomic E-state index is 12.9. The number of hydrogen-bond donors (Lipinski definition) is 1. The van der Waals surface area contributed by atoms with Gasteiger partial charge in [0.15, 0.2) is 0 Å². The molecule has 3 nitrogen and oxygen atoms in total. The molecule has 1 fully saturated rings. The highest BCUT2D eigenvalue weighted by molar-refractivity contribution is 5.08.